The Balaban J connectivity index is 2.25. The highest BCUT2D eigenvalue weighted by Gasteiger charge is 1.94. The van der Waals surface area contributed by atoms with Crippen molar-refractivity contribution in [1.29, 1.82) is 0 Å². The van der Waals surface area contributed by atoms with Gasteiger partial charge in [-0.05, 0) is 43.4 Å². The summed E-state index contributed by atoms with van der Waals surface area (Å²) in [5.74, 6) is 0.814. The van der Waals surface area contributed by atoms with Gasteiger partial charge in [-0.1, -0.05) is 26.0 Å². The molecule has 1 nitrogen and oxygen atoms in total. The van der Waals surface area contributed by atoms with E-state index in [1.807, 2.05) is 0 Å². The second kappa shape index (κ2) is 5.69. The molecule has 0 bridgehead atoms. The summed E-state index contributed by atoms with van der Waals surface area (Å²) < 4.78 is 0. The predicted octanol–water partition coefficient (Wildman–Crippen LogP) is 3.84. The van der Waals surface area contributed by atoms with Crippen LogP contribution in [0, 0.1) is 12.8 Å². The molecule has 0 fully saturated rings. The van der Waals surface area contributed by atoms with Gasteiger partial charge in [0.2, 0.25) is 0 Å². The Bertz CT molecular complexity index is 266. The topological polar surface area (TPSA) is 12.0 Å². The van der Waals surface area contributed by atoms with Crippen LogP contribution in [0.3, 0.4) is 0 Å². The summed E-state index contributed by atoms with van der Waals surface area (Å²) >= 11 is 0. The second-order valence-corrected chi connectivity index (χ2v) is 4.33. The minimum absolute atomic E-state index is 0.814. The molecule has 1 heteroatoms. The van der Waals surface area contributed by atoms with Crippen molar-refractivity contribution in [2.24, 2.45) is 5.92 Å². The summed E-state index contributed by atoms with van der Waals surface area (Å²) in [6.07, 6.45) is 2.56. The van der Waals surface area contributed by atoms with Gasteiger partial charge in [0, 0.05) is 12.2 Å². The lowest BCUT2D eigenvalue weighted by atomic mass is 10.1. The van der Waals surface area contributed by atoms with Gasteiger partial charge in [-0.25, -0.2) is 0 Å². The molecule has 1 aromatic rings. The first-order valence-corrected chi connectivity index (χ1v) is 5.49. The second-order valence-electron chi connectivity index (χ2n) is 4.33. The fraction of sp³-hybridized carbons (Fsp3) is 0.538. The van der Waals surface area contributed by atoms with Crippen molar-refractivity contribution >= 4 is 5.69 Å². The molecule has 78 valence electrons. The van der Waals surface area contributed by atoms with Crippen LogP contribution < -0.4 is 5.32 Å². The highest BCUT2D eigenvalue weighted by atomic mass is 14.9. The lowest BCUT2D eigenvalue weighted by Crippen LogP contribution is -2.02. The molecule has 0 radical (unpaired) electrons. The molecule has 0 saturated carbocycles. The summed E-state index contributed by atoms with van der Waals surface area (Å²) in [7, 11) is 0. The number of hydrogen-bond acceptors (Lipinski definition) is 1. The molecule has 0 atom stereocenters. The highest BCUT2D eigenvalue weighted by molar-refractivity contribution is 5.45. The Morgan fingerprint density at radius 3 is 2.71 bits per heavy atom. The van der Waals surface area contributed by atoms with E-state index in [0.717, 1.165) is 12.5 Å². The normalized spacial score (nSPS) is 10.6. The van der Waals surface area contributed by atoms with E-state index in [1.54, 1.807) is 0 Å². The lowest BCUT2D eigenvalue weighted by Gasteiger charge is -2.08. The average molecular weight is 191 g/mol. The molecule has 0 amide bonds. The molecule has 1 rings (SSSR count). The summed E-state index contributed by atoms with van der Waals surface area (Å²) in [6.45, 7) is 7.75. The molecular formula is C13H21N. The van der Waals surface area contributed by atoms with Crippen molar-refractivity contribution in [3.05, 3.63) is 29.8 Å². The zero-order valence-electron chi connectivity index (χ0n) is 9.51. The summed E-state index contributed by atoms with van der Waals surface area (Å²) in [5.41, 5.74) is 2.56. The van der Waals surface area contributed by atoms with E-state index >= 15 is 0 Å². The quantitative estimate of drug-likeness (QED) is 0.697. The van der Waals surface area contributed by atoms with Crippen molar-refractivity contribution in [3.8, 4) is 0 Å². The first-order chi connectivity index (χ1) is 6.68. The third-order valence-electron chi connectivity index (χ3n) is 2.31. The third-order valence-corrected chi connectivity index (χ3v) is 2.31. The van der Waals surface area contributed by atoms with E-state index in [2.05, 4.69) is 50.4 Å². The molecule has 14 heavy (non-hydrogen) atoms. The maximum Gasteiger partial charge on any atom is 0.0342 e. The Hall–Kier alpha value is -0.980. The van der Waals surface area contributed by atoms with Gasteiger partial charge in [0.1, 0.15) is 0 Å². The van der Waals surface area contributed by atoms with Gasteiger partial charge < -0.3 is 5.32 Å². The average Bonchev–Trinajstić information content (AvgIpc) is 2.12. The third kappa shape index (κ3) is 4.31. The SMILES string of the molecule is Cc1cccc(NCCCC(C)C)c1. The van der Waals surface area contributed by atoms with Crippen molar-refractivity contribution in [2.75, 3.05) is 11.9 Å². The highest BCUT2D eigenvalue weighted by Crippen LogP contribution is 2.10. The van der Waals surface area contributed by atoms with Crippen LogP contribution in [0.2, 0.25) is 0 Å². The van der Waals surface area contributed by atoms with Gasteiger partial charge in [-0.15, -0.1) is 0 Å². The maximum absolute atomic E-state index is 3.44. The molecule has 0 aliphatic heterocycles. The van der Waals surface area contributed by atoms with Crippen LogP contribution >= 0.6 is 0 Å². The molecule has 0 aliphatic rings. The van der Waals surface area contributed by atoms with Crippen LogP contribution in [0.4, 0.5) is 5.69 Å². The molecule has 0 aromatic heterocycles. The van der Waals surface area contributed by atoms with Crippen molar-refractivity contribution in [2.45, 2.75) is 33.6 Å². The number of hydrogen-bond donors (Lipinski definition) is 1. The predicted molar refractivity (Wildman–Crippen MR) is 63.7 cm³/mol. The van der Waals surface area contributed by atoms with Crippen LogP contribution in [0.5, 0.6) is 0 Å². The number of benzene rings is 1. The van der Waals surface area contributed by atoms with Gasteiger partial charge >= 0.3 is 0 Å². The Morgan fingerprint density at radius 2 is 2.07 bits per heavy atom. The standard InChI is InChI=1S/C13H21N/c1-11(2)6-5-9-14-13-8-4-7-12(3)10-13/h4,7-8,10-11,14H,5-6,9H2,1-3H3. The number of aryl methyl sites for hydroxylation is 1. The number of rotatable bonds is 5. The van der Waals surface area contributed by atoms with Crippen LogP contribution in [-0.4, -0.2) is 6.54 Å². The van der Waals surface area contributed by atoms with E-state index in [9.17, 15) is 0 Å². The molecule has 0 unspecified atom stereocenters. The molecule has 0 heterocycles. The Labute approximate surface area is 87.5 Å². The van der Waals surface area contributed by atoms with Crippen molar-refractivity contribution in [1.82, 2.24) is 0 Å². The lowest BCUT2D eigenvalue weighted by molar-refractivity contribution is 0.567. The van der Waals surface area contributed by atoms with E-state index in [1.165, 1.54) is 24.1 Å². The maximum atomic E-state index is 3.44. The molecule has 1 aromatic carbocycles. The van der Waals surface area contributed by atoms with Gasteiger partial charge in [-0.3, -0.25) is 0 Å². The Kier molecular flexibility index (Phi) is 4.51. The first-order valence-electron chi connectivity index (χ1n) is 5.49. The minimum atomic E-state index is 0.814. The fourth-order valence-electron chi connectivity index (χ4n) is 1.50. The van der Waals surface area contributed by atoms with E-state index < -0.39 is 0 Å². The first kappa shape index (κ1) is 11.1. The van der Waals surface area contributed by atoms with Crippen LogP contribution in [0.25, 0.3) is 0 Å². The molecular weight excluding hydrogens is 170 g/mol. The van der Waals surface area contributed by atoms with Gasteiger partial charge in [0.25, 0.3) is 0 Å². The summed E-state index contributed by atoms with van der Waals surface area (Å²) in [4.78, 5) is 0. The van der Waals surface area contributed by atoms with Crippen LogP contribution in [0.1, 0.15) is 32.3 Å². The largest absolute Gasteiger partial charge is 0.385 e. The van der Waals surface area contributed by atoms with Crippen molar-refractivity contribution in [3.63, 3.8) is 0 Å². The Morgan fingerprint density at radius 1 is 1.29 bits per heavy atom. The van der Waals surface area contributed by atoms with E-state index in [-0.39, 0.29) is 0 Å². The number of anilines is 1. The monoisotopic (exact) mass is 191 g/mol. The van der Waals surface area contributed by atoms with Crippen LogP contribution in [-0.2, 0) is 0 Å². The zero-order valence-corrected chi connectivity index (χ0v) is 9.51. The van der Waals surface area contributed by atoms with Crippen molar-refractivity contribution < 1.29 is 0 Å². The molecule has 0 spiro atoms. The minimum Gasteiger partial charge on any atom is -0.385 e. The molecule has 0 saturated heterocycles. The number of nitrogens with one attached hydrogen (secondary N) is 1. The fourth-order valence-corrected chi connectivity index (χ4v) is 1.50. The van der Waals surface area contributed by atoms with Crippen LogP contribution in [0.15, 0.2) is 24.3 Å². The molecule has 1 N–H and O–H groups in total. The summed E-state index contributed by atoms with van der Waals surface area (Å²) in [5, 5.41) is 3.44. The van der Waals surface area contributed by atoms with Gasteiger partial charge in [0.15, 0.2) is 0 Å². The van der Waals surface area contributed by atoms with Gasteiger partial charge in [-0.2, -0.15) is 0 Å². The smallest absolute Gasteiger partial charge is 0.0342 e. The van der Waals surface area contributed by atoms with E-state index in [0.29, 0.717) is 0 Å². The zero-order chi connectivity index (χ0) is 10.4. The molecule has 0 aliphatic carbocycles. The van der Waals surface area contributed by atoms with E-state index in [4.69, 9.17) is 0 Å². The van der Waals surface area contributed by atoms with Gasteiger partial charge in [0.05, 0.1) is 0 Å². The summed E-state index contributed by atoms with van der Waals surface area (Å²) in [6, 6.07) is 8.54.